The van der Waals surface area contributed by atoms with Crippen LogP contribution in [0.5, 0.6) is 11.5 Å². The summed E-state index contributed by atoms with van der Waals surface area (Å²) >= 11 is 13.5. The second kappa shape index (κ2) is 11.0. The first-order valence-electron chi connectivity index (χ1n) is 10.1. The van der Waals surface area contributed by atoms with Gasteiger partial charge in [-0.2, -0.15) is 0 Å². The van der Waals surface area contributed by atoms with Gasteiger partial charge in [-0.1, -0.05) is 23.2 Å². The van der Waals surface area contributed by atoms with Gasteiger partial charge in [-0.25, -0.2) is 4.98 Å². The highest BCUT2D eigenvalue weighted by molar-refractivity contribution is 7.13. The van der Waals surface area contributed by atoms with Crippen LogP contribution in [0.4, 0.5) is 11.5 Å². The highest BCUT2D eigenvalue weighted by atomic mass is 35.5. The Morgan fingerprint density at radius 1 is 1.15 bits per heavy atom. The Morgan fingerprint density at radius 2 is 1.94 bits per heavy atom. The minimum absolute atomic E-state index is 0.0166. The van der Waals surface area contributed by atoms with Crippen LogP contribution in [0.15, 0.2) is 35.8 Å². The zero-order valence-corrected chi connectivity index (χ0v) is 20.3. The molecule has 1 aliphatic heterocycles. The number of nitrogens with one attached hydrogen (secondary N) is 3. The van der Waals surface area contributed by atoms with E-state index in [-0.39, 0.29) is 18.0 Å². The van der Waals surface area contributed by atoms with Crippen LogP contribution in [0.3, 0.4) is 0 Å². The van der Waals surface area contributed by atoms with E-state index < -0.39 is 11.8 Å². The van der Waals surface area contributed by atoms with Gasteiger partial charge in [0.15, 0.2) is 11.5 Å². The van der Waals surface area contributed by atoms with E-state index in [1.807, 2.05) is 5.38 Å². The molecule has 3 N–H and O–H groups in total. The number of anilines is 2. The third-order valence-electron chi connectivity index (χ3n) is 4.78. The topological polar surface area (TPSA) is 111 Å². The van der Waals surface area contributed by atoms with Gasteiger partial charge in [0.05, 0.1) is 27.9 Å². The number of ether oxygens (including phenoxy) is 3. The number of pyridine rings is 1. The molecular formula is C22H20Cl2N4O5S. The Bertz CT molecular complexity index is 1200. The summed E-state index contributed by atoms with van der Waals surface area (Å²) in [5.41, 5.74) is 1.21. The monoisotopic (exact) mass is 522 g/mol. The van der Waals surface area contributed by atoms with Gasteiger partial charge in [-0.3, -0.25) is 9.59 Å². The number of methoxy groups -OCH3 is 1. The second-order valence-electron chi connectivity index (χ2n) is 7.09. The Morgan fingerprint density at radius 3 is 2.68 bits per heavy atom. The summed E-state index contributed by atoms with van der Waals surface area (Å²) in [7, 11) is 1.62. The first-order valence-corrected chi connectivity index (χ1v) is 11.7. The van der Waals surface area contributed by atoms with Crippen LogP contribution in [0, 0.1) is 0 Å². The Hall–Kier alpha value is -2.89. The average Bonchev–Trinajstić information content (AvgIpc) is 3.43. The van der Waals surface area contributed by atoms with Crippen molar-refractivity contribution in [2.45, 2.75) is 6.54 Å². The lowest BCUT2D eigenvalue weighted by Gasteiger charge is -2.12. The molecule has 0 radical (unpaired) electrons. The van der Waals surface area contributed by atoms with E-state index in [0.29, 0.717) is 51.9 Å². The third kappa shape index (κ3) is 5.60. The van der Waals surface area contributed by atoms with Crippen LogP contribution in [0.25, 0.3) is 0 Å². The van der Waals surface area contributed by atoms with Crippen LogP contribution in [0.1, 0.15) is 25.6 Å². The number of hydrogen-bond donors (Lipinski definition) is 3. The lowest BCUT2D eigenvalue weighted by molar-refractivity contribution is 0.102. The molecule has 0 saturated heterocycles. The molecule has 4 rings (SSSR count). The zero-order chi connectivity index (χ0) is 24.1. The number of carbonyl (C=O) groups excluding carboxylic acids is 2. The molecule has 0 fully saturated rings. The lowest BCUT2D eigenvalue weighted by Crippen LogP contribution is -2.19. The van der Waals surface area contributed by atoms with Gasteiger partial charge in [0.1, 0.15) is 10.7 Å². The SMILES string of the molecule is COCCNCc1csc(C(=O)Nc2cc3c(cc2C(=O)Nc2ccc(Cl)cn2)OCO3)c1Cl. The lowest BCUT2D eigenvalue weighted by atomic mass is 10.1. The number of amides is 2. The maximum absolute atomic E-state index is 13.0. The molecule has 0 saturated carbocycles. The summed E-state index contributed by atoms with van der Waals surface area (Å²) in [6.07, 6.45) is 1.42. The largest absolute Gasteiger partial charge is 0.454 e. The Kier molecular flexibility index (Phi) is 7.86. The molecule has 3 heterocycles. The van der Waals surface area contributed by atoms with Crippen molar-refractivity contribution in [3.63, 3.8) is 0 Å². The fourth-order valence-electron chi connectivity index (χ4n) is 3.09. The molecule has 0 aliphatic carbocycles. The van der Waals surface area contributed by atoms with Crippen molar-refractivity contribution in [3.8, 4) is 11.5 Å². The van der Waals surface area contributed by atoms with Crippen molar-refractivity contribution in [2.24, 2.45) is 0 Å². The van der Waals surface area contributed by atoms with E-state index in [1.54, 1.807) is 25.3 Å². The fourth-order valence-corrected chi connectivity index (χ4v) is 4.47. The number of fused-ring (bicyclic) bond motifs is 1. The van der Waals surface area contributed by atoms with Crippen molar-refractivity contribution >= 4 is 57.9 Å². The van der Waals surface area contributed by atoms with Crippen LogP contribution in [-0.4, -0.2) is 43.9 Å². The molecule has 1 aliphatic rings. The average molecular weight is 523 g/mol. The maximum Gasteiger partial charge on any atom is 0.267 e. The minimum Gasteiger partial charge on any atom is -0.454 e. The summed E-state index contributed by atoms with van der Waals surface area (Å²) in [5, 5.41) is 11.3. The number of aromatic nitrogens is 1. The van der Waals surface area contributed by atoms with E-state index in [4.69, 9.17) is 37.4 Å². The molecule has 0 spiro atoms. The van der Waals surface area contributed by atoms with Gasteiger partial charge in [0.25, 0.3) is 11.8 Å². The maximum atomic E-state index is 13.0. The van der Waals surface area contributed by atoms with Gasteiger partial charge >= 0.3 is 0 Å². The molecule has 34 heavy (non-hydrogen) atoms. The van der Waals surface area contributed by atoms with E-state index in [2.05, 4.69) is 20.9 Å². The van der Waals surface area contributed by atoms with Gasteiger partial charge in [-0.05, 0) is 29.1 Å². The molecule has 0 unspecified atom stereocenters. The summed E-state index contributed by atoms with van der Waals surface area (Å²) < 4.78 is 15.8. The fraction of sp³-hybridized carbons (Fsp3) is 0.227. The molecule has 0 atom stereocenters. The van der Waals surface area contributed by atoms with Crippen molar-refractivity contribution in [1.82, 2.24) is 10.3 Å². The number of hydrogen-bond acceptors (Lipinski definition) is 8. The van der Waals surface area contributed by atoms with Crippen molar-refractivity contribution in [1.29, 1.82) is 0 Å². The Balaban J connectivity index is 1.54. The molecule has 12 heteroatoms. The van der Waals surface area contributed by atoms with Crippen LogP contribution >= 0.6 is 34.5 Å². The summed E-state index contributed by atoms with van der Waals surface area (Å²) in [6, 6.07) is 6.22. The predicted octanol–water partition coefficient (Wildman–Crippen LogP) is 4.42. The van der Waals surface area contributed by atoms with Crippen molar-refractivity contribution in [2.75, 3.05) is 37.7 Å². The van der Waals surface area contributed by atoms with Gasteiger partial charge in [0, 0.05) is 32.5 Å². The zero-order valence-electron chi connectivity index (χ0n) is 17.9. The van der Waals surface area contributed by atoms with Crippen LogP contribution < -0.4 is 25.4 Å². The van der Waals surface area contributed by atoms with Crippen LogP contribution in [0.2, 0.25) is 10.0 Å². The van der Waals surface area contributed by atoms with Crippen LogP contribution in [-0.2, 0) is 11.3 Å². The first kappa shape index (κ1) is 24.2. The third-order valence-corrected chi connectivity index (χ3v) is 6.57. The summed E-state index contributed by atoms with van der Waals surface area (Å²) in [4.78, 5) is 30.4. The van der Waals surface area contributed by atoms with Crippen molar-refractivity contribution in [3.05, 3.63) is 61.9 Å². The number of halogens is 2. The van der Waals surface area contributed by atoms with Gasteiger partial charge in [0.2, 0.25) is 6.79 Å². The standard InChI is InChI=1S/C22H20Cl2N4O5S/c1-31-5-4-25-8-12-10-34-20(19(12)24)22(30)27-15-7-17-16(32-11-33-17)6-14(15)21(29)28-18-3-2-13(23)9-26-18/h2-3,6-7,9-10,25H,4-5,8,11H2,1H3,(H,27,30)(H,26,28,29). The Labute approximate surface area is 209 Å². The molecule has 3 aromatic rings. The number of nitrogens with zero attached hydrogens (tertiary/aromatic N) is 1. The molecule has 0 bridgehead atoms. The summed E-state index contributed by atoms with van der Waals surface area (Å²) in [5.74, 6) is 0.165. The predicted molar refractivity (Wildman–Crippen MR) is 131 cm³/mol. The second-order valence-corrected chi connectivity index (χ2v) is 8.79. The number of carbonyl (C=O) groups is 2. The quantitative estimate of drug-likeness (QED) is 0.356. The van der Waals surface area contributed by atoms with E-state index in [9.17, 15) is 9.59 Å². The van der Waals surface area contributed by atoms with Crippen molar-refractivity contribution < 1.29 is 23.8 Å². The molecule has 178 valence electrons. The number of rotatable bonds is 9. The van der Waals surface area contributed by atoms with E-state index >= 15 is 0 Å². The van der Waals surface area contributed by atoms with Gasteiger partial charge < -0.3 is 30.2 Å². The first-order chi connectivity index (χ1) is 16.5. The molecule has 2 amide bonds. The normalized spacial score (nSPS) is 12.0. The molecule has 9 nitrogen and oxygen atoms in total. The highest BCUT2D eigenvalue weighted by Gasteiger charge is 2.24. The smallest absolute Gasteiger partial charge is 0.267 e. The highest BCUT2D eigenvalue weighted by Crippen LogP contribution is 2.38. The number of benzene rings is 1. The van der Waals surface area contributed by atoms with E-state index in [0.717, 1.165) is 5.56 Å². The minimum atomic E-state index is -0.497. The molecule has 1 aromatic carbocycles. The number of thiophene rings is 1. The molecule has 2 aromatic heterocycles. The van der Waals surface area contributed by atoms with Gasteiger partial charge in [-0.15, -0.1) is 11.3 Å². The van der Waals surface area contributed by atoms with E-state index in [1.165, 1.54) is 23.6 Å². The summed E-state index contributed by atoms with van der Waals surface area (Å²) in [6.45, 7) is 1.73. The molecular weight excluding hydrogens is 503 g/mol.